The van der Waals surface area contributed by atoms with Crippen LogP contribution < -0.4 is 10.1 Å². The van der Waals surface area contributed by atoms with Crippen molar-refractivity contribution in [1.29, 1.82) is 0 Å². The number of halogens is 1. The van der Waals surface area contributed by atoms with Crippen molar-refractivity contribution in [2.24, 2.45) is 0 Å². The molecule has 2 unspecified atom stereocenters. The number of nitrogens with one attached hydrogen (secondary N) is 1. The summed E-state index contributed by atoms with van der Waals surface area (Å²) < 4.78 is 5.18. The van der Waals surface area contributed by atoms with Crippen molar-refractivity contribution in [3.05, 3.63) is 65.7 Å². The van der Waals surface area contributed by atoms with Crippen LogP contribution in [-0.2, 0) is 4.79 Å². The van der Waals surface area contributed by atoms with Crippen LogP contribution in [0.25, 0.3) is 0 Å². The maximum atomic E-state index is 11.4. The lowest BCUT2D eigenvalue weighted by Crippen LogP contribution is -2.34. The maximum absolute atomic E-state index is 11.4. The van der Waals surface area contributed by atoms with Gasteiger partial charge in [-0.25, -0.2) is 0 Å². The third kappa shape index (κ3) is 4.06. The molecular formula is C17H20ClNO2. The number of benzene rings is 2. The van der Waals surface area contributed by atoms with E-state index >= 15 is 0 Å². The zero-order chi connectivity index (χ0) is 14.4. The molecule has 21 heavy (non-hydrogen) atoms. The molecule has 3 nitrogen and oxygen atoms in total. The first kappa shape index (κ1) is 17.2. The van der Waals surface area contributed by atoms with E-state index in [0.717, 1.165) is 23.2 Å². The highest BCUT2D eigenvalue weighted by atomic mass is 35.5. The molecule has 2 rings (SSSR count). The van der Waals surface area contributed by atoms with E-state index in [1.54, 1.807) is 14.2 Å². The Labute approximate surface area is 131 Å². The summed E-state index contributed by atoms with van der Waals surface area (Å²) in [5.74, 6) is 0.803. The molecule has 0 radical (unpaired) electrons. The fraction of sp³-hybridized carbons (Fsp3) is 0.235. The van der Waals surface area contributed by atoms with Crippen molar-refractivity contribution >= 4 is 18.7 Å². The second-order valence-corrected chi connectivity index (χ2v) is 4.61. The van der Waals surface area contributed by atoms with Gasteiger partial charge in [-0.2, -0.15) is 0 Å². The normalized spacial score (nSPS) is 12.9. The molecule has 0 bridgehead atoms. The number of hydrogen-bond donors (Lipinski definition) is 1. The van der Waals surface area contributed by atoms with Crippen molar-refractivity contribution in [2.45, 2.75) is 12.0 Å². The van der Waals surface area contributed by atoms with Crippen molar-refractivity contribution in [2.75, 3.05) is 14.2 Å². The fourth-order valence-corrected chi connectivity index (χ4v) is 2.39. The molecule has 0 aliphatic carbocycles. The standard InChI is InChI=1S/C17H19NO2.ClH/c1-18-16(12-19)17(13-6-4-3-5-7-13)14-8-10-15(20-2)11-9-14;/h3-12,16-18H,1-2H3;1H. The summed E-state index contributed by atoms with van der Waals surface area (Å²) in [7, 11) is 3.45. The SMILES string of the molecule is CNC(C=O)C(c1ccccc1)c1ccc(OC)cc1.Cl. The van der Waals surface area contributed by atoms with Crippen LogP contribution in [0, 0.1) is 0 Å². The molecule has 0 aromatic heterocycles. The number of aldehydes is 1. The Morgan fingerprint density at radius 3 is 2.05 bits per heavy atom. The molecule has 0 amide bonds. The zero-order valence-corrected chi connectivity index (χ0v) is 13.0. The van der Waals surface area contributed by atoms with E-state index in [9.17, 15) is 4.79 Å². The third-order valence-corrected chi connectivity index (χ3v) is 3.47. The predicted octanol–water partition coefficient (Wildman–Crippen LogP) is 3.04. The number of carbonyl (C=O) groups is 1. The number of ether oxygens (including phenoxy) is 1. The fourth-order valence-electron chi connectivity index (χ4n) is 2.39. The molecule has 0 saturated carbocycles. The summed E-state index contributed by atoms with van der Waals surface area (Å²) in [6.07, 6.45) is 0.960. The molecular weight excluding hydrogens is 286 g/mol. The van der Waals surface area contributed by atoms with Gasteiger partial charge >= 0.3 is 0 Å². The summed E-state index contributed by atoms with van der Waals surface area (Å²) in [4.78, 5) is 11.4. The van der Waals surface area contributed by atoms with Gasteiger partial charge in [0.15, 0.2) is 0 Å². The van der Waals surface area contributed by atoms with Gasteiger partial charge < -0.3 is 14.8 Å². The van der Waals surface area contributed by atoms with Crippen molar-refractivity contribution in [1.82, 2.24) is 5.32 Å². The molecule has 1 N–H and O–H groups in total. The Bertz CT molecular complexity index is 542. The highest BCUT2D eigenvalue weighted by Gasteiger charge is 2.23. The first-order valence-electron chi connectivity index (χ1n) is 6.61. The van der Waals surface area contributed by atoms with Gasteiger partial charge in [0.05, 0.1) is 13.2 Å². The molecule has 4 heteroatoms. The van der Waals surface area contributed by atoms with Crippen LogP contribution >= 0.6 is 12.4 Å². The lowest BCUT2D eigenvalue weighted by molar-refractivity contribution is -0.109. The Balaban J connectivity index is 0.00000220. The van der Waals surface area contributed by atoms with Gasteiger partial charge in [0.1, 0.15) is 12.0 Å². The Hall–Kier alpha value is -1.84. The summed E-state index contributed by atoms with van der Waals surface area (Å²) in [6.45, 7) is 0. The van der Waals surface area contributed by atoms with Crippen LogP contribution in [0.2, 0.25) is 0 Å². The Kier molecular flexibility index (Phi) is 6.92. The monoisotopic (exact) mass is 305 g/mol. The topological polar surface area (TPSA) is 38.3 Å². The van der Waals surface area contributed by atoms with Crippen molar-refractivity contribution in [3.63, 3.8) is 0 Å². The molecule has 0 aliphatic rings. The molecule has 0 aliphatic heterocycles. The molecule has 0 spiro atoms. The lowest BCUT2D eigenvalue weighted by Gasteiger charge is -2.23. The van der Waals surface area contributed by atoms with E-state index in [1.165, 1.54) is 0 Å². The van der Waals surface area contributed by atoms with Gasteiger partial charge in [-0.15, -0.1) is 12.4 Å². The largest absolute Gasteiger partial charge is 0.497 e. The van der Waals surface area contributed by atoms with Gasteiger partial charge in [-0.05, 0) is 30.3 Å². The van der Waals surface area contributed by atoms with Crippen molar-refractivity contribution < 1.29 is 9.53 Å². The van der Waals surface area contributed by atoms with Crippen LogP contribution in [0.1, 0.15) is 17.0 Å². The number of hydrogen-bond acceptors (Lipinski definition) is 3. The highest BCUT2D eigenvalue weighted by Crippen LogP contribution is 2.28. The van der Waals surface area contributed by atoms with Crippen LogP contribution in [0.15, 0.2) is 54.6 Å². The summed E-state index contributed by atoms with van der Waals surface area (Å²) >= 11 is 0. The minimum Gasteiger partial charge on any atom is -0.497 e. The number of methoxy groups -OCH3 is 1. The second kappa shape index (κ2) is 8.45. The Morgan fingerprint density at radius 1 is 1.00 bits per heavy atom. The minimum absolute atomic E-state index is 0. The molecule has 0 fully saturated rings. The van der Waals surface area contributed by atoms with Crippen LogP contribution in [0.5, 0.6) is 5.75 Å². The molecule has 2 aromatic rings. The average Bonchev–Trinajstić information content (AvgIpc) is 2.53. The number of rotatable bonds is 6. The quantitative estimate of drug-likeness (QED) is 0.834. The summed E-state index contributed by atoms with van der Waals surface area (Å²) in [6, 6.07) is 17.6. The molecule has 112 valence electrons. The summed E-state index contributed by atoms with van der Waals surface area (Å²) in [5.41, 5.74) is 2.20. The molecule has 0 heterocycles. The van der Waals surface area contributed by atoms with E-state index in [1.807, 2.05) is 54.6 Å². The number of likely N-dealkylation sites (N-methyl/N-ethyl adjacent to an activating group) is 1. The molecule has 2 aromatic carbocycles. The van der Waals surface area contributed by atoms with Gasteiger partial charge in [0, 0.05) is 5.92 Å². The number of carbonyl (C=O) groups excluding carboxylic acids is 1. The second-order valence-electron chi connectivity index (χ2n) is 4.61. The van der Waals surface area contributed by atoms with Crippen LogP contribution in [0.4, 0.5) is 0 Å². The van der Waals surface area contributed by atoms with Gasteiger partial charge in [-0.3, -0.25) is 0 Å². The van der Waals surface area contributed by atoms with E-state index < -0.39 is 0 Å². The van der Waals surface area contributed by atoms with E-state index in [4.69, 9.17) is 4.74 Å². The van der Waals surface area contributed by atoms with Gasteiger partial charge in [-0.1, -0.05) is 42.5 Å². The minimum atomic E-state index is -0.259. The average molecular weight is 306 g/mol. The molecule has 0 saturated heterocycles. The maximum Gasteiger partial charge on any atom is 0.137 e. The lowest BCUT2D eigenvalue weighted by atomic mass is 9.85. The van der Waals surface area contributed by atoms with E-state index in [-0.39, 0.29) is 24.4 Å². The predicted molar refractivity (Wildman–Crippen MR) is 87.4 cm³/mol. The third-order valence-electron chi connectivity index (χ3n) is 3.47. The Morgan fingerprint density at radius 2 is 1.57 bits per heavy atom. The highest BCUT2D eigenvalue weighted by molar-refractivity contribution is 5.85. The molecule has 2 atom stereocenters. The van der Waals surface area contributed by atoms with Crippen molar-refractivity contribution in [3.8, 4) is 5.75 Å². The van der Waals surface area contributed by atoms with Gasteiger partial charge in [0.2, 0.25) is 0 Å². The zero-order valence-electron chi connectivity index (χ0n) is 12.2. The van der Waals surface area contributed by atoms with Crippen LogP contribution in [0.3, 0.4) is 0 Å². The van der Waals surface area contributed by atoms with E-state index in [2.05, 4.69) is 5.32 Å². The first-order valence-corrected chi connectivity index (χ1v) is 6.61. The summed E-state index contributed by atoms with van der Waals surface area (Å²) in [5, 5.41) is 3.08. The van der Waals surface area contributed by atoms with Gasteiger partial charge in [0.25, 0.3) is 0 Å². The smallest absolute Gasteiger partial charge is 0.137 e. The first-order chi connectivity index (χ1) is 9.80. The van der Waals surface area contributed by atoms with Crippen LogP contribution in [-0.4, -0.2) is 26.5 Å². The van der Waals surface area contributed by atoms with E-state index in [0.29, 0.717) is 0 Å².